The van der Waals surface area contributed by atoms with E-state index in [1.165, 1.54) is 0 Å². The van der Waals surface area contributed by atoms with Gasteiger partial charge in [0.25, 0.3) is 0 Å². The first-order valence-corrected chi connectivity index (χ1v) is 6.71. The normalized spacial score (nSPS) is 11.6. The van der Waals surface area contributed by atoms with Gasteiger partial charge in [0, 0.05) is 5.39 Å². The Hall–Kier alpha value is -1.59. The fourth-order valence-electron chi connectivity index (χ4n) is 1.56. The number of aliphatic hydroxyl groups excluding tert-OH is 1. The smallest absolute Gasteiger partial charge is 0.311 e. The van der Waals surface area contributed by atoms with Crippen LogP contribution in [0.15, 0.2) is 42.5 Å². The van der Waals surface area contributed by atoms with E-state index in [1.807, 2.05) is 24.3 Å². The monoisotopic (exact) mass is 252 g/mol. The third-order valence-corrected chi connectivity index (χ3v) is 3.42. The molecular weight excluding hydrogens is 240 g/mol. The van der Waals surface area contributed by atoms with Crippen LogP contribution in [0.4, 0.5) is 0 Å². The van der Waals surface area contributed by atoms with Crippen LogP contribution < -0.4 is 4.18 Å². The Morgan fingerprint density at radius 3 is 2.53 bits per heavy atom. The molecule has 0 saturated heterocycles. The SMILES string of the molecule is O=S(=O)(CCO)Oc1cccc2ccccc12. The summed E-state index contributed by atoms with van der Waals surface area (Å²) in [6, 6.07) is 12.5. The van der Waals surface area contributed by atoms with Crippen LogP contribution in [-0.2, 0) is 10.1 Å². The maximum atomic E-state index is 11.5. The quantitative estimate of drug-likeness (QED) is 0.838. The minimum absolute atomic E-state index is 0.288. The lowest BCUT2D eigenvalue weighted by Gasteiger charge is -2.08. The molecule has 0 radical (unpaired) electrons. The highest BCUT2D eigenvalue weighted by Crippen LogP contribution is 2.26. The van der Waals surface area contributed by atoms with Gasteiger partial charge in [0.2, 0.25) is 0 Å². The molecule has 2 aromatic carbocycles. The van der Waals surface area contributed by atoms with Crippen molar-refractivity contribution in [2.75, 3.05) is 12.4 Å². The Labute approximate surface area is 99.6 Å². The maximum Gasteiger partial charge on any atom is 0.311 e. The Bertz CT molecular complexity index is 614. The van der Waals surface area contributed by atoms with Crippen LogP contribution in [0.2, 0.25) is 0 Å². The van der Waals surface area contributed by atoms with Gasteiger partial charge in [-0.2, -0.15) is 8.42 Å². The zero-order valence-electron chi connectivity index (χ0n) is 9.04. The Kier molecular flexibility index (Phi) is 3.31. The predicted molar refractivity (Wildman–Crippen MR) is 65.4 cm³/mol. The second-order valence-electron chi connectivity index (χ2n) is 3.55. The number of rotatable bonds is 4. The van der Waals surface area contributed by atoms with Crippen LogP contribution in [-0.4, -0.2) is 25.9 Å². The summed E-state index contributed by atoms with van der Waals surface area (Å²) in [4.78, 5) is 0. The average Bonchev–Trinajstić information content (AvgIpc) is 2.29. The van der Waals surface area contributed by atoms with Crippen molar-refractivity contribution in [3.05, 3.63) is 42.5 Å². The predicted octanol–water partition coefficient (Wildman–Crippen LogP) is 1.54. The number of hydrogen-bond donors (Lipinski definition) is 1. The molecule has 17 heavy (non-hydrogen) atoms. The topological polar surface area (TPSA) is 63.6 Å². The van der Waals surface area contributed by atoms with Crippen molar-refractivity contribution < 1.29 is 17.7 Å². The summed E-state index contributed by atoms with van der Waals surface area (Å²) in [6.07, 6.45) is 0. The largest absolute Gasteiger partial charge is 0.395 e. The van der Waals surface area contributed by atoms with Crippen molar-refractivity contribution >= 4 is 20.9 Å². The van der Waals surface area contributed by atoms with E-state index in [4.69, 9.17) is 9.29 Å². The van der Waals surface area contributed by atoms with Crippen LogP contribution in [0.5, 0.6) is 5.75 Å². The molecule has 0 amide bonds. The second-order valence-corrected chi connectivity index (χ2v) is 5.24. The highest BCUT2D eigenvalue weighted by Gasteiger charge is 2.13. The van der Waals surface area contributed by atoms with E-state index in [0.29, 0.717) is 0 Å². The van der Waals surface area contributed by atoms with Gasteiger partial charge in [-0.3, -0.25) is 0 Å². The highest BCUT2D eigenvalue weighted by molar-refractivity contribution is 7.87. The van der Waals surface area contributed by atoms with Crippen LogP contribution >= 0.6 is 0 Å². The van der Waals surface area contributed by atoms with Crippen molar-refractivity contribution in [1.82, 2.24) is 0 Å². The van der Waals surface area contributed by atoms with Crippen LogP contribution in [0.25, 0.3) is 10.8 Å². The molecule has 0 fully saturated rings. The van der Waals surface area contributed by atoms with Gasteiger partial charge in [0.1, 0.15) is 11.5 Å². The van der Waals surface area contributed by atoms with Gasteiger partial charge < -0.3 is 9.29 Å². The average molecular weight is 252 g/mol. The first-order valence-electron chi connectivity index (χ1n) is 5.13. The summed E-state index contributed by atoms with van der Waals surface area (Å²) in [5, 5.41) is 10.3. The third-order valence-electron chi connectivity index (χ3n) is 2.31. The summed E-state index contributed by atoms with van der Waals surface area (Å²) in [5.74, 6) is -0.118. The van der Waals surface area contributed by atoms with Crippen molar-refractivity contribution in [1.29, 1.82) is 0 Å². The lowest BCUT2D eigenvalue weighted by Crippen LogP contribution is -2.16. The summed E-state index contributed by atoms with van der Waals surface area (Å²) in [5.41, 5.74) is 0. The first kappa shape index (κ1) is 11.9. The van der Waals surface area contributed by atoms with E-state index >= 15 is 0 Å². The van der Waals surface area contributed by atoms with E-state index in [9.17, 15) is 8.42 Å². The van der Waals surface area contributed by atoms with E-state index in [2.05, 4.69) is 0 Å². The molecule has 0 aliphatic carbocycles. The van der Waals surface area contributed by atoms with E-state index < -0.39 is 22.5 Å². The Morgan fingerprint density at radius 1 is 1.06 bits per heavy atom. The molecule has 2 rings (SSSR count). The molecule has 0 heterocycles. The molecular formula is C12H12O4S. The lowest BCUT2D eigenvalue weighted by molar-refractivity contribution is 0.316. The second kappa shape index (κ2) is 4.73. The molecule has 4 nitrogen and oxygen atoms in total. The van der Waals surface area contributed by atoms with Gasteiger partial charge >= 0.3 is 10.1 Å². The zero-order chi connectivity index (χ0) is 12.3. The van der Waals surface area contributed by atoms with Gasteiger partial charge in [0.05, 0.1) is 6.61 Å². The molecule has 0 aliphatic rings. The van der Waals surface area contributed by atoms with Crippen LogP contribution in [0.1, 0.15) is 0 Å². The molecule has 2 aromatic rings. The van der Waals surface area contributed by atoms with Crippen molar-refractivity contribution in [2.45, 2.75) is 0 Å². The Balaban J connectivity index is 2.43. The minimum atomic E-state index is -3.73. The van der Waals surface area contributed by atoms with E-state index in [1.54, 1.807) is 18.2 Å². The number of aliphatic hydroxyl groups is 1. The van der Waals surface area contributed by atoms with Crippen LogP contribution in [0.3, 0.4) is 0 Å². The molecule has 90 valence electrons. The minimum Gasteiger partial charge on any atom is -0.395 e. The van der Waals surface area contributed by atoms with Gasteiger partial charge in [-0.25, -0.2) is 0 Å². The fraction of sp³-hybridized carbons (Fsp3) is 0.167. The number of hydrogen-bond acceptors (Lipinski definition) is 4. The van der Waals surface area contributed by atoms with Gasteiger partial charge in [-0.1, -0.05) is 36.4 Å². The molecule has 0 atom stereocenters. The summed E-state index contributed by atoms with van der Waals surface area (Å²) >= 11 is 0. The fourth-order valence-corrected chi connectivity index (χ4v) is 2.28. The molecule has 5 heteroatoms. The van der Waals surface area contributed by atoms with Gasteiger partial charge in [-0.05, 0) is 11.5 Å². The summed E-state index contributed by atoms with van der Waals surface area (Å²) in [6.45, 7) is -0.451. The zero-order valence-corrected chi connectivity index (χ0v) is 9.85. The molecule has 0 unspecified atom stereocenters. The highest BCUT2D eigenvalue weighted by atomic mass is 32.2. The maximum absolute atomic E-state index is 11.5. The number of fused-ring (bicyclic) bond motifs is 1. The molecule has 0 saturated carbocycles. The van der Waals surface area contributed by atoms with Gasteiger partial charge in [-0.15, -0.1) is 0 Å². The Morgan fingerprint density at radius 2 is 1.76 bits per heavy atom. The lowest BCUT2D eigenvalue weighted by atomic mass is 10.1. The third kappa shape index (κ3) is 2.75. The first-order chi connectivity index (χ1) is 8.12. The van der Waals surface area contributed by atoms with Crippen molar-refractivity contribution in [3.63, 3.8) is 0 Å². The molecule has 0 aliphatic heterocycles. The molecule has 0 aromatic heterocycles. The number of benzene rings is 2. The molecule has 0 spiro atoms. The standard InChI is InChI=1S/C12H12O4S/c13-8-9-17(14,15)16-12-7-3-5-10-4-1-2-6-11(10)12/h1-7,13H,8-9H2. The van der Waals surface area contributed by atoms with Gasteiger partial charge in [0.15, 0.2) is 0 Å². The molecule has 0 bridgehead atoms. The van der Waals surface area contributed by atoms with Crippen LogP contribution in [0, 0.1) is 0 Å². The molecule has 1 N–H and O–H groups in total. The summed E-state index contributed by atoms with van der Waals surface area (Å²) < 4.78 is 27.9. The van der Waals surface area contributed by atoms with Crippen molar-refractivity contribution in [3.8, 4) is 5.75 Å². The van der Waals surface area contributed by atoms with E-state index in [-0.39, 0.29) is 5.75 Å². The summed E-state index contributed by atoms with van der Waals surface area (Å²) in [7, 11) is -3.73. The van der Waals surface area contributed by atoms with Crippen molar-refractivity contribution in [2.24, 2.45) is 0 Å². The van der Waals surface area contributed by atoms with E-state index in [0.717, 1.165) is 10.8 Å².